The number of halogens is 3. The van der Waals surface area contributed by atoms with E-state index in [9.17, 15) is 33.0 Å². The van der Waals surface area contributed by atoms with Crippen molar-refractivity contribution in [2.24, 2.45) is 0 Å². The van der Waals surface area contributed by atoms with Crippen molar-refractivity contribution in [3.63, 3.8) is 0 Å². The van der Waals surface area contributed by atoms with E-state index in [1.807, 2.05) is 0 Å². The van der Waals surface area contributed by atoms with Gasteiger partial charge in [-0.3, -0.25) is 0 Å². The minimum atomic E-state index is -4.94. The van der Waals surface area contributed by atoms with Crippen LogP contribution in [0.3, 0.4) is 0 Å². The van der Waals surface area contributed by atoms with Crippen LogP contribution >= 0.6 is 0 Å². The van der Waals surface area contributed by atoms with Gasteiger partial charge in [-0.2, -0.15) is 10.2 Å². The van der Waals surface area contributed by atoms with E-state index in [2.05, 4.69) is 14.9 Å². The zero-order valence-corrected chi connectivity index (χ0v) is 21.3. The number of aliphatic hydroxyl groups excluding tert-OH is 2. The number of nitrogens with zero attached hydrogens (tertiary/aromatic N) is 3. The maximum atomic E-state index is 13.1. The molecule has 10 nitrogen and oxygen atoms in total. The Hall–Kier alpha value is -4.07. The van der Waals surface area contributed by atoms with Crippen LogP contribution in [0.25, 0.3) is 22.4 Å². The van der Waals surface area contributed by atoms with Gasteiger partial charge in [-0.15, -0.1) is 13.2 Å². The smallest absolute Gasteiger partial charge is 0.406 e. The number of benzene rings is 2. The molecular formula is C27H24F3N3O7. The lowest BCUT2D eigenvalue weighted by Gasteiger charge is -2.38. The molecule has 0 aliphatic carbocycles. The fourth-order valence-electron chi connectivity index (χ4n) is 4.78. The van der Waals surface area contributed by atoms with E-state index in [1.54, 1.807) is 31.2 Å². The number of alkyl halides is 3. The average Bonchev–Trinajstić information content (AvgIpc) is 3.08. The van der Waals surface area contributed by atoms with Gasteiger partial charge in [0, 0.05) is 12.1 Å². The van der Waals surface area contributed by atoms with Crippen molar-refractivity contribution in [1.82, 2.24) is 15.1 Å². The maximum Gasteiger partial charge on any atom is 0.573 e. The molecule has 5 rings (SSSR count). The van der Waals surface area contributed by atoms with Crippen molar-refractivity contribution in [3.8, 4) is 28.1 Å². The third-order valence-electron chi connectivity index (χ3n) is 6.76. The molecule has 2 N–H and O–H groups in total. The van der Waals surface area contributed by atoms with Crippen LogP contribution in [0.4, 0.5) is 13.2 Å². The summed E-state index contributed by atoms with van der Waals surface area (Å²) in [5, 5.41) is 28.4. The molecule has 2 aromatic carbocycles. The van der Waals surface area contributed by atoms with Crippen LogP contribution in [-0.2, 0) is 31.4 Å². The Bertz CT molecular complexity index is 1440. The highest BCUT2D eigenvalue weighted by atomic mass is 19.4. The summed E-state index contributed by atoms with van der Waals surface area (Å²) in [4.78, 5) is 26.8. The van der Waals surface area contributed by atoms with Gasteiger partial charge in [0.25, 0.3) is 0 Å². The second-order valence-corrected chi connectivity index (χ2v) is 9.53. The van der Waals surface area contributed by atoms with E-state index in [0.29, 0.717) is 47.5 Å². The summed E-state index contributed by atoms with van der Waals surface area (Å²) in [5.74, 6) is -5.19. The lowest BCUT2D eigenvalue weighted by atomic mass is 9.92. The predicted molar refractivity (Wildman–Crippen MR) is 131 cm³/mol. The number of carbonyl (C=O) groups excluding carboxylic acids is 2. The van der Waals surface area contributed by atoms with E-state index in [0.717, 1.165) is 6.07 Å². The lowest BCUT2D eigenvalue weighted by molar-refractivity contribution is -0.288. The molecule has 40 heavy (non-hydrogen) atoms. The summed E-state index contributed by atoms with van der Waals surface area (Å²) in [6, 6.07) is 12.0. The first kappa shape index (κ1) is 27.5. The van der Waals surface area contributed by atoms with Crippen LogP contribution in [0.5, 0.6) is 5.75 Å². The average molecular weight is 559 g/mol. The molecule has 2 atom stereocenters. The molecule has 1 fully saturated rings. The van der Waals surface area contributed by atoms with Crippen molar-refractivity contribution in [1.29, 1.82) is 0 Å². The van der Waals surface area contributed by atoms with E-state index >= 15 is 0 Å². The van der Waals surface area contributed by atoms with Crippen LogP contribution in [-0.4, -0.2) is 69.4 Å². The molecule has 13 heteroatoms. The Morgan fingerprint density at radius 1 is 0.975 bits per heavy atom. The predicted octanol–water partition coefficient (Wildman–Crippen LogP) is 2.83. The number of hydrogen-bond acceptors (Lipinski definition) is 10. The lowest BCUT2D eigenvalue weighted by Crippen LogP contribution is -2.50. The largest absolute Gasteiger partial charge is 0.573 e. The van der Waals surface area contributed by atoms with Crippen LogP contribution in [0.1, 0.15) is 23.2 Å². The number of aromatic nitrogens is 2. The molecule has 0 saturated carbocycles. The first-order valence-electron chi connectivity index (χ1n) is 12.3. The molecule has 0 bridgehead atoms. The molecule has 3 heterocycles. The molecule has 0 radical (unpaired) electrons. The number of fused-ring (bicyclic) bond motifs is 2. The zero-order chi connectivity index (χ0) is 28.8. The molecule has 1 aromatic heterocycles. The number of aliphatic hydroxyl groups is 2. The van der Waals surface area contributed by atoms with Gasteiger partial charge in [0.2, 0.25) is 0 Å². The quantitative estimate of drug-likeness (QED) is 0.462. The molecular weight excluding hydrogens is 535 g/mol. The molecule has 2 unspecified atom stereocenters. The Morgan fingerprint density at radius 3 is 2.30 bits per heavy atom. The fraction of sp³-hybridized carbons (Fsp3) is 0.333. The summed E-state index contributed by atoms with van der Waals surface area (Å²) in [7, 11) is 1.54. The summed E-state index contributed by atoms with van der Waals surface area (Å²) in [6.45, 7) is 2.04. The molecule has 1 saturated heterocycles. The van der Waals surface area contributed by atoms with E-state index in [4.69, 9.17) is 9.47 Å². The minimum Gasteiger partial charge on any atom is -0.406 e. The van der Waals surface area contributed by atoms with Gasteiger partial charge in [0.05, 0.1) is 17.0 Å². The zero-order valence-electron chi connectivity index (χ0n) is 21.3. The molecule has 3 aromatic rings. The first-order valence-corrected chi connectivity index (χ1v) is 12.3. The summed E-state index contributed by atoms with van der Waals surface area (Å²) in [5.41, 5.74) is 2.90. The van der Waals surface area contributed by atoms with Crippen LogP contribution in [0.2, 0.25) is 0 Å². The second-order valence-electron chi connectivity index (χ2n) is 9.53. The number of hydrogen-bond donors (Lipinski definition) is 2. The van der Waals surface area contributed by atoms with Gasteiger partial charge in [-0.05, 0) is 79.9 Å². The number of aryl methyl sites for hydroxylation is 2. The van der Waals surface area contributed by atoms with Crippen molar-refractivity contribution >= 4 is 11.9 Å². The molecule has 210 valence electrons. The number of carbonyl (C=O) groups is 2. The van der Waals surface area contributed by atoms with Crippen LogP contribution in [0, 0.1) is 6.92 Å². The highest BCUT2D eigenvalue weighted by Gasteiger charge is 2.54. The van der Waals surface area contributed by atoms with Crippen molar-refractivity contribution in [2.75, 3.05) is 13.6 Å². The van der Waals surface area contributed by atoms with Gasteiger partial charge >= 0.3 is 24.2 Å². The standard InChI is InChI=1S/C27H24F3N3O7/c1-14-5-10-21(32-31-14)18-9-8-17(38-27(28,29)30)13-19(18)16-7-6-15-4-3-11-33(2)26(20(15)12-16)39-24(36)22(34)23(35)25(37)40-26/h5-10,12-13,22-23,34-35H,3-4,11H2,1-2H3. The van der Waals surface area contributed by atoms with E-state index in [-0.39, 0.29) is 11.1 Å². The third-order valence-corrected chi connectivity index (χ3v) is 6.76. The number of esters is 2. The van der Waals surface area contributed by atoms with Gasteiger partial charge in [0.15, 0.2) is 12.2 Å². The Balaban J connectivity index is 1.72. The SMILES string of the molecule is Cc1ccc(-c2ccc(OC(F)(F)F)cc2-c2ccc3c(c2)C2(OC(=O)C(O)C(O)C(=O)O2)N(C)CCC3)nn1. The van der Waals surface area contributed by atoms with Gasteiger partial charge < -0.3 is 24.4 Å². The maximum absolute atomic E-state index is 13.1. The van der Waals surface area contributed by atoms with Crippen LogP contribution in [0.15, 0.2) is 48.5 Å². The molecule has 2 aliphatic rings. The number of rotatable bonds is 3. The normalized spacial score (nSPS) is 23.6. The van der Waals surface area contributed by atoms with Gasteiger partial charge in [0.1, 0.15) is 5.75 Å². The Labute approximate surface area is 225 Å². The Morgan fingerprint density at radius 2 is 1.68 bits per heavy atom. The van der Waals surface area contributed by atoms with Crippen molar-refractivity contribution in [3.05, 3.63) is 65.4 Å². The molecule has 1 spiro atoms. The first-order chi connectivity index (χ1) is 18.9. The van der Waals surface area contributed by atoms with E-state index < -0.39 is 42.2 Å². The van der Waals surface area contributed by atoms with Gasteiger partial charge in [-0.1, -0.05) is 12.1 Å². The summed E-state index contributed by atoms with van der Waals surface area (Å²) >= 11 is 0. The third kappa shape index (κ3) is 5.10. The number of ether oxygens (including phenoxy) is 3. The Kier molecular flexibility index (Phi) is 6.98. The van der Waals surface area contributed by atoms with E-state index in [1.165, 1.54) is 30.1 Å². The van der Waals surface area contributed by atoms with Gasteiger partial charge in [-0.25, -0.2) is 14.5 Å². The minimum absolute atomic E-state index is 0.205. The van der Waals surface area contributed by atoms with Crippen LogP contribution < -0.4 is 4.74 Å². The monoisotopic (exact) mass is 559 g/mol. The summed E-state index contributed by atoms with van der Waals surface area (Å²) < 4.78 is 54.5. The highest BCUT2D eigenvalue weighted by Crippen LogP contribution is 2.43. The second kappa shape index (κ2) is 10.2. The highest BCUT2D eigenvalue weighted by molar-refractivity contribution is 5.88. The topological polar surface area (TPSA) is 131 Å². The van der Waals surface area contributed by atoms with Crippen molar-refractivity contribution in [2.45, 2.75) is 44.2 Å². The summed E-state index contributed by atoms with van der Waals surface area (Å²) in [6.07, 6.45) is -8.22. The fourth-order valence-corrected chi connectivity index (χ4v) is 4.78. The van der Waals surface area contributed by atoms with Crippen molar-refractivity contribution < 1.29 is 47.2 Å². The molecule has 0 amide bonds. The molecule has 2 aliphatic heterocycles.